The molecule has 0 fully saturated rings. The van der Waals surface area contributed by atoms with Crippen LogP contribution in [-0.2, 0) is 0 Å². The summed E-state index contributed by atoms with van der Waals surface area (Å²) in [7, 11) is 0. The molecule has 6 aromatic carbocycles. The van der Waals surface area contributed by atoms with Crippen LogP contribution in [0.15, 0.2) is 158 Å². The molecular weight excluding hydrogens is 577 g/mol. The molecule has 1 heterocycles. The Morgan fingerprint density at radius 1 is 0.479 bits per heavy atom. The molecule has 0 radical (unpaired) electrons. The van der Waals surface area contributed by atoms with E-state index in [0.29, 0.717) is 5.92 Å². The highest BCUT2D eigenvalue weighted by Gasteiger charge is 2.43. The van der Waals surface area contributed by atoms with E-state index in [0.717, 1.165) is 0 Å². The van der Waals surface area contributed by atoms with Crippen molar-refractivity contribution >= 4 is 40.3 Å². The smallest absolute Gasteiger partial charge is 0.329 e. The average Bonchev–Trinajstić information content (AvgIpc) is 3.12. The molecule has 0 aliphatic carbocycles. The van der Waals surface area contributed by atoms with Gasteiger partial charge in [-0.05, 0) is 83.1 Å². The van der Waals surface area contributed by atoms with Gasteiger partial charge in [0.1, 0.15) is 0 Å². The van der Waals surface area contributed by atoms with Gasteiger partial charge in [0, 0.05) is 17.0 Å². The number of hydrogen-bond donors (Lipinski definition) is 0. The molecule has 0 spiro atoms. The summed E-state index contributed by atoms with van der Waals surface area (Å²) in [5.74, 6) is 0.450. The van der Waals surface area contributed by atoms with Crippen LogP contribution in [0.25, 0.3) is 22.3 Å². The van der Waals surface area contributed by atoms with Crippen LogP contribution >= 0.6 is 0 Å². The molecule has 0 amide bonds. The van der Waals surface area contributed by atoms with E-state index >= 15 is 0 Å². The number of rotatable bonds is 7. The summed E-state index contributed by atoms with van der Waals surface area (Å²) in [5.41, 5.74) is 17.6. The third-order valence-electron chi connectivity index (χ3n) is 9.64. The van der Waals surface area contributed by atoms with Crippen molar-refractivity contribution in [3.63, 3.8) is 0 Å². The second-order valence-electron chi connectivity index (χ2n) is 13.3. The van der Waals surface area contributed by atoms with Crippen molar-refractivity contribution in [2.75, 3.05) is 4.81 Å². The van der Waals surface area contributed by atoms with Crippen molar-refractivity contribution in [3.05, 3.63) is 202 Å². The Bertz CT molecular complexity index is 2070. The predicted octanol–water partition coefficient (Wildman–Crippen LogP) is 11.2. The fraction of sp³-hybridized carbons (Fsp3) is 0.130. The molecule has 234 valence electrons. The van der Waals surface area contributed by atoms with E-state index < -0.39 is 0 Å². The summed E-state index contributed by atoms with van der Waals surface area (Å²) in [6, 6.07) is 58.1. The highest BCUT2D eigenvalue weighted by molar-refractivity contribution is 6.97. The first-order chi connectivity index (χ1) is 23.4. The van der Waals surface area contributed by atoms with Crippen LogP contribution in [0.1, 0.15) is 64.3 Å². The van der Waals surface area contributed by atoms with Crippen LogP contribution in [0.5, 0.6) is 0 Å². The summed E-state index contributed by atoms with van der Waals surface area (Å²) in [6.07, 6.45) is 0. The largest absolute Gasteiger partial charge is 0.376 e. The second-order valence-corrected chi connectivity index (χ2v) is 13.3. The molecule has 1 nitrogen and oxygen atoms in total. The average molecular weight is 620 g/mol. The van der Waals surface area contributed by atoms with Crippen molar-refractivity contribution in [1.29, 1.82) is 0 Å². The minimum atomic E-state index is -0.101. The zero-order chi connectivity index (χ0) is 33.2. The zero-order valence-corrected chi connectivity index (χ0v) is 28.6. The van der Waals surface area contributed by atoms with Gasteiger partial charge in [-0.2, -0.15) is 0 Å². The van der Waals surface area contributed by atoms with Gasteiger partial charge in [0.2, 0.25) is 0 Å². The molecule has 48 heavy (non-hydrogen) atoms. The van der Waals surface area contributed by atoms with Crippen molar-refractivity contribution in [1.82, 2.24) is 0 Å². The Morgan fingerprint density at radius 3 is 1.40 bits per heavy atom. The Balaban J connectivity index is 1.72. The second kappa shape index (κ2) is 13.4. The molecule has 0 bridgehead atoms. The van der Waals surface area contributed by atoms with Gasteiger partial charge in [-0.3, -0.25) is 0 Å². The first-order valence-electron chi connectivity index (χ1n) is 17.1. The SMILES string of the molecule is Cc1cc(C)c(B2C(c3ccccc3)=C(c3ccccc3)C(c3ccccc3)=C(c3ccccc3)N2c2ccc(C(C)C)cc2)c(C)c1. The van der Waals surface area contributed by atoms with Gasteiger partial charge >= 0.3 is 6.85 Å². The fourth-order valence-corrected chi connectivity index (χ4v) is 7.55. The first kappa shape index (κ1) is 31.3. The van der Waals surface area contributed by atoms with Gasteiger partial charge in [0.05, 0.1) is 0 Å². The minimum Gasteiger partial charge on any atom is -0.376 e. The van der Waals surface area contributed by atoms with Gasteiger partial charge in [0.25, 0.3) is 0 Å². The number of nitrogens with zero attached hydrogens (tertiary/aromatic N) is 1. The molecule has 0 atom stereocenters. The normalized spacial score (nSPS) is 13.5. The van der Waals surface area contributed by atoms with Gasteiger partial charge in [-0.1, -0.05) is 176 Å². The van der Waals surface area contributed by atoms with Gasteiger partial charge in [-0.25, -0.2) is 0 Å². The quantitative estimate of drug-likeness (QED) is 0.161. The Hall–Kier alpha value is -5.34. The summed E-state index contributed by atoms with van der Waals surface area (Å²) >= 11 is 0. The topological polar surface area (TPSA) is 3.24 Å². The molecular formula is C46H42BN. The first-order valence-corrected chi connectivity index (χ1v) is 17.1. The number of allylic oxidation sites excluding steroid dienone is 2. The molecule has 0 unspecified atom stereocenters. The van der Waals surface area contributed by atoms with Crippen LogP contribution in [0.4, 0.5) is 5.69 Å². The molecule has 6 aromatic rings. The summed E-state index contributed by atoms with van der Waals surface area (Å²) in [4.78, 5) is 2.64. The van der Waals surface area contributed by atoms with Crippen LogP contribution < -0.4 is 10.3 Å². The van der Waals surface area contributed by atoms with Crippen molar-refractivity contribution in [3.8, 4) is 0 Å². The van der Waals surface area contributed by atoms with E-state index in [9.17, 15) is 0 Å². The molecule has 2 heteroatoms. The van der Waals surface area contributed by atoms with Crippen LogP contribution in [-0.4, -0.2) is 6.85 Å². The highest BCUT2D eigenvalue weighted by atomic mass is 15.1. The van der Waals surface area contributed by atoms with Crippen molar-refractivity contribution in [2.24, 2.45) is 0 Å². The predicted molar refractivity (Wildman–Crippen MR) is 208 cm³/mol. The van der Waals surface area contributed by atoms with E-state index in [4.69, 9.17) is 0 Å². The highest BCUT2D eigenvalue weighted by Crippen LogP contribution is 2.50. The van der Waals surface area contributed by atoms with Gasteiger partial charge < -0.3 is 4.81 Å². The van der Waals surface area contributed by atoms with Gasteiger partial charge in [-0.15, -0.1) is 0 Å². The lowest BCUT2D eigenvalue weighted by Gasteiger charge is -2.43. The molecule has 7 rings (SSSR count). The van der Waals surface area contributed by atoms with Crippen molar-refractivity contribution in [2.45, 2.75) is 40.5 Å². The Labute approximate surface area is 287 Å². The molecule has 0 saturated heterocycles. The lowest BCUT2D eigenvalue weighted by molar-refractivity contribution is 0.867. The van der Waals surface area contributed by atoms with Crippen LogP contribution in [0.3, 0.4) is 0 Å². The molecule has 1 aliphatic rings. The molecule has 0 aromatic heterocycles. The maximum Gasteiger partial charge on any atom is 0.329 e. The summed E-state index contributed by atoms with van der Waals surface area (Å²) in [5, 5.41) is 0. The standard InChI is InChI=1S/C46H42BN/c1-32(2)36-26-28-41(29-27-36)48-46(40-24-16-9-17-25-40)43(38-20-12-7-13-21-38)42(37-18-10-6-11-19-37)45(39-22-14-8-15-23-39)47(48)44-34(4)30-33(3)31-35(44)5/h6-32H,1-5H3. The van der Waals surface area contributed by atoms with E-state index in [1.807, 2.05) is 0 Å². The monoisotopic (exact) mass is 619 g/mol. The third-order valence-corrected chi connectivity index (χ3v) is 9.64. The number of aryl methyl sites for hydroxylation is 3. The lowest BCUT2D eigenvalue weighted by atomic mass is 9.41. The minimum absolute atomic E-state index is 0.101. The Morgan fingerprint density at radius 2 is 0.917 bits per heavy atom. The number of hydrogen-bond acceptors (Lipinski definition) is 1. The van der Waals surface area contributed by atoms with Crippen molar-refractivity contribution < 1.29 is 0 Å². The summed E-state index contributed by atoms with van der Waals surface area (Å²) in [6.45, 7) is 11.2. The van der Waals surface area contributed by atoms with E-state index in [1.165, 1.54) is 78.0 Å². The maximum atomic E-state index is 2.64. The number of anilines is 1. The molecule has 1 aliphatic heterocycles. The summed E-state index contributed by atoms with van der Waals surface area (Å²) < 4.78 is 0. The van der Waals surface area contributed by atoms with E-state index in [2.05, 4.69) is 197 Å². The Kier molecular flexibility index (Phi) is 8.74. The van der Waals surface area contributed by atoms with E-state index in [-0.39, 0.29) is 6.85 Å². The third kappa shape index (κ3) is 5.84. The van der Waals surface area contributed by atoms with E-state index in [1.54, 1.807) is 0 Å². The molecule has 0 N–H and O–H groups in total. The zero-order valence-electron chi connectivity index (χ0n) is 28.6. The number of benzene rings is 6. The van der Waals surface area contributed by atoms with Crippen LogP contribution in [0.2, 0.25) is 0 Å². The maximum absolute atomic E-state index is 2.64. The molecule has 0 saturated carbocycles. The fourth-order valence-electron chi connectivity index (χ4n) is 7.55. The van der Waals surface area contributed by atoms with Crippen LogP contribution in [0, 0.1) is 20.8 Å². The lowest BCUT2D eigenvalue weighted by Crippen LogP contribution is -2.53. The van der Waals surface area contributed by atoms with Gasteiger partial charge in [0.15, 0.2) is 0 Å².